The Bertz CT molecular complexity index is 1210. The number of aryl methyl sites for hydroxylation is 2. The minimum absolute atomic E-state index is 0.316. The van der Waals surface area contributed by atoms with Crippen LogP contribution < -0.4 is 9.47 Å². The van der Waals surface area contributed by atoms with E-state index in [1.54, 1.807) is 18.6 Å². The van der Waals surface area contributed by atoms with Crippen LogP contribution in [-0.4, -0.2) is 32.8 Å². The number of nitrogens with zero attached hydrogens (tertiary/aromatic N) is 2. The quantitative estimate of drug-likeness (QED) is 0.449. The summed E-state index contributed by atoms with van der Waals surface area (Å²) >= 11 is 0. The van der Waals surface area contributed by atoms with Gasteiger partial charge < -0.3 is 19.1 Å². The second kappa shape index (κ2) is 9.75. The van der Waals surface area contributed by atoms with Gasteiger partial charge >= 0.3 is 5.97 Å². The fourth-order valence-corrected chi connectivity index (χ4v) is 4.49. The molecule has 34 heavy (non-hydrogen) atoms. The van der Waals surface area contributed by atoms with Crippen LogP contribution in [0.25, 0.3) is 6.08 Å². The SMILES string of the molecule is Cc1cc(C)c2c(c1C)OC(C)(CCOc1cc(Cn3ccnc3)ccc1/C=C/C(=O)O)CC2. The monoisotopic (exact) mass is 460 g/mol. The van der Waals surface area contributed by atoms with Crippen LogP contribution in [0.2, 0.25) is 0 Å². The Balaban J connectivity index is 1.49. The zero-order chi connectivity index (χ0) is 24.3. The number of hydrogen-bond acceptors (Lipinski definition) is 4. The molecule has 0 radical (unpaired) electrons. The lowest BCUT2D eigenvalue weighted by Gasteiger charge is -2.37. The van der Waals surface area contributed by atoms with Crippen molar-refractivity contribution >= 4 is 12.0 Å². The minimum atomic E-state index is -0.990. The largest absolute Gasteiger partial charge is 0.493 e. The number of carbonyl (C=O) groups is 1. The molecule has 6 heteroatoms. The van der Waals surface area contributed by atoms with Crippen LogP contribution in [0.4, 0.5) is 0 Å². The van der Waals surface area contributed by atoms with Crippen LogP contribution in [-0.2, 0) is 17.8 Å². The molecule has 0 amide bonds. The van der Waals surface area contributed by atoms with Gasteiger partial charge in [0, 0.05) is 37.0 Å². The zero-order valence-corrected chi connectivity index (χ0v) is 20.3. The maximum absolute atomic E-state index is 11.0. The molecule has 1 aliphatic heterocycles. The molecular weight excluding hydrogens is 428 g/mol. The number of aromatic nitrogens is 2. The van der Waals surface area contributed by atoms with Gasteiger partial charge in [-0.15, -0.1) is 0 Å². The highest BCUT2D eigenvalue weighted by Crippen LogP contribution is 2.40. The predicted molar refractivity (Wildman–Crippen MR) is 133 cm³/mol. The van der Waals surface area contributed by atoms with Gasteiger partial charge in [-0.3, -0.25) is 0 Å². The summed E-state index contributed by atoms with van der Waals surface area (Å²) < 4.78 is 14.8. The molecule has 4 rings (SSSR count). The number of benzene rings is 2. The summed E-state index contributed by atoms with van der Waals surface area (Å²) in [6, 6.07) is 8.08. The number of carboxylic acid groups (broad SMARTS) is 1. The molecule has 1 aliphatic rings. The standard InChI is InChI=1S/C28H32N2O4/c1-19-15-20(2)24-9-10-28(4,34-27(24)21(19)3)11-14-33-25-16-22(17-30-13-12-29-18-30)5-6-23(25)7-8-26(31)32/h5-8,12-13,15-16,18H,9-11,14,17H2,1-4H3,(H,31,32)/b8-7+. The van der Waals surface area contributed by atoms with E-state index in [0.29, 0.717) is 18.9 Å². The third-order valence-corrected chi connectivity index (χ3v) is 6.66. The van der Waals surface area contributed by atoms with Gasteiger partial charge in [0.15, 0.2) is 0 Å². The molecule has 0 saturated heterocycles. The first kappa shape index (κ1) is 23.6. The number of ether oxygens (including phenoxy) is 2. The second-order valence-corrected chi connectivity index (χ2v) is 9.37. The summed E-state index contributed by atoms with van der Waals surface area (Å²) in [7, 11) is 0. The highest BCUT2D eigenvalue weighted by molar-refractivity contribution is 5.85. The molecule has 0 bridgehead atoms. The molecule has 1 unspecified atom stereocenters. The molecule has 1 N–H and O–H groups in total. The van der Waals surface area contributed by atoms with Gasteiger partial charge in [-0.25, -0.2) is 9.78 Å². The second-order valence-electron chi connectivity index (χ2n) is 9.37. The lowest BCUT2D eigenvalue weighted by atomic mass is 9.86. The van der Waals surface area contributed by atoms with Crippen molar-refractivity contribution in [2.75, 3.05) is 6.61 Å². The Kier molecular flexibility index (Phi) is 6.77. The van der Waals surface area contributed by atoms with Crippen LogP contribution in [0.3, 0.4) is 0 Å². The van der Waals surface area contributed by atoms with Gasteiger partial charge in [-0.2, -0.15) is 0 Å². The van der Waals surface area contributed by atoms with Crippen molar-refractivity contribution in [3.63, 3.8) is 0 Å². The molecule has 0 saturated carbocycles. The van der Waals surface area contributed by atoms with Gasteiger partial charge in [-0.05, 0) is 80.5 Å². The number of hydrogen-bond donors (Lipinski definition) is 1. The molecule has 1 atom stereocenters. The number of rotatable bonds is 8. The van der Waals surface area contributed by atoms with Gasteiger partial charge in [0.2, 0.25) is 0 Å². The summed E-state index contributed by atoms with van der Waals surface area (Å²) in [5, 5.41) is 9.06. The van der Waals surface area contributed by atoms with Crippen LogP contribution in [0, 0.1) is 20.8 Å². The van der Waals surface area contributed by atoms with Gasteiger partial charge in [-0.1, -0.05) is 18.2 Å². The molecule has 3 aromatic rings. The third-order valence-electron chi connectivity index (χ3n) is 6.66. The normalized spacial score (nSPS) is 17.4. The van der Waals surface area contributed by atoms with Crippen molar-refractivity contribution in [2.24, 2.45) is 0 Å². The Morgan fingerprint density at radius 3 is 2.82 bits per heavy atom. The fourth-order valence-electron chi connectivity index (χ4n) is 4.49. The predicted octanol–water partition coefficient (Wildman–Crippen LogP) is 5.51. The van der Waals surface area contributed by atoms with Gasteiger partial charge in [0.1, 0.15) is 17.1 Å². The van der Waals surface area contributed by atoms with E-state index in [0.717, 1.165) is 42.2 Å². The Labute approximate surface area is 200 Å². The summed E-state index contributed by atoms with van der Waals surface area (Å²) in [5.74, 6) is 0.702. The molecule has 0 spiro atoms. The lowest BCUT2D eigenvalue weighted by Crippen LogP contribution is -2.38. The van der Waals surface area contributed by atoms with E-state index in [2.05, 4.69) is 38.7 Å². The number of carboxylic acids is 1. The smallest absolute Gasteiger partial charge is 0.328 e. The number of aliphatic carboxylic acids is 1. The van der Waals surface area contributed by atoms with E-state index in [1.165, 1.54) is 22.3 Å². The Morgan fingerprint density at radius 1 is 1.26 bits per heavy atom. The summed E-state index contributed by atoms with van der Waals surface area (Å²) in [6.45, 7) is 9.69. The molecule has 6 nitrogen and oxygen atoms in total. The van der Waals surface area contributed by atoms with Crippen molar-refractivity contribution in [3.05, 3.63) is 82.4 Å². The summed E-state index contributed by atoms with van der Waals surface area (Å²) in [6.07, 6.45) is 10.8. The van der Waals surface area contributed by atoms with E-state index in [9.17, 15) is 4.79 Å². The van der Waals surface area contributed by atoms with Crippen molar-refractivity contribution < 1.29 is 19.4 Å². The van der Waals surface area contributed by atoms with Gasteiger partial charge in [0.25, 0.3) is 0 Å². The minimum Gasteiger partial charge on any atom is -0.493 e. The molecule has 0 aliphatic carbocycles. The highest BCUT2D eigenvalue weighted by Gasteiger charge is 2.33. The molecule has 178 valence electrons. The Hall–Kier alpha value is -3.54. The van der Waals surface area contributed by atoms with E-state index < -0.39 is 5.97 Å². The molecule has 2 aromatic carbocycles. The first-order valence-corrected chi connectivity index (χ1v) is 11.7. The first-order valence-electron chi connectivity index (χ1n) is 11.7. The number of fused-ring (bicyclic) bond motifs is 1. The summed E-state index contributed by atoms with van der Waals surface area (Å²) in [4.78, 5) is 15.1. The topological polar surface area (TPSA) is 73.6 Å². The van der Waals surface area contributed by atoms with Crippen LogP contribution in [0.5, 0.6) is 11.5 Å². The average Bonchev–Trinajstić information content (AvgIpc) is 3.30. The fraction of sp³-hybridized carbons (Fsp3) is 0.357. The first-order chi connectivity index (χ1) is 16.2. The van der Waals surface area contributed by atoms with Crippen LogP contribution >= 0.6 is 0 Å². The summed E-state index contributed by atoms with van der Waals surface area (Å²) in [5.41, 5.74) is 6.54. The highest BCUT2D eigenvalue weighted by atomic mass is 16.5. The van der Waals surface area contributed by atoms with E-state index >= 15 is 0 Å². The van der Waals surface area contributed by atoms with Crippen molar-refractivity contribution in [1.29, 1.82) is 0 Å². The molecule has 1 aromatic heterocycles. The number of imidazole rings is 1. The maximum Gasteiger partial charge on any atom is 0.328 e. The Morgan fingerprint density at radius 2 is 2.09 bits per heavy atom. The van der Waals surface area contributed by atoms with E-state index in [1.807, 2.05) is 29.0 Å². The molecule has 0 fully saturated rings. The van der Waals surface area contributed by atoms with Crippen LogP contribution in [0.1, 0.15) is 53.1 Å². The third kappa shape index (κ3) is 5.33. The van der Waals surface area contributed by atoms with Crippen molar-refractivity contribution in [1.82, 2.24) is 9.55 Å². The molecular formula is C28H32N2O4. The molecule has 2 heterocycles. The zero-order valence-electron chi connectivity index (χ0n) is 20.3. The van der Waals surface area contributed by atoms with E-state index in [-0.39, 0.29) is 5.60 Å². The van der Waals surface area contributed by atoms with Crippen molar-refractivity contribution in [3.8, 4) is 11.5 Å². The van der Waals surface area contributed by atoms with E-state index in [4.69, 9.17) is 14.6 Å². The maximum atomic E-state index is 11.0. The van der Waals surface area contributed by atoms with Crippen LogP contribution in [0.15, 0.2) is 49.1 Å². The average molecular weight is 461 g/mol. The van der Waals surface area contributed by atoms with Crippen molar-refractivity contribution in [2.45, 2.75) is 59.1 Å². The lowest BCUT2D eigenvalue weighted by molar-refractivity contribution is -0.131. The van der Waals surface area contributed by atoms with Gasteiger partial charge in [0.05, 0.1) is 12.9 Å².